The molecule has 1 aliphatic heterocycles. The highest BCUT2D eigenvalue weighted by Crippen LogP contribution is 2.29. The molecule has 22 heavy (non-hydrogen) atoms. The zero-order valence-corrected chi connectivity index (χ0v) is 15.5. The second-order valence-corrected chi connectivity index (χ2v) is 10.8. The van der Waals surface area contributed by atoms with Crippen LogP contribution in [0.1, 0.15) is 26.2 Å². The first-order valence-electron chi connectivity index (χ1n) is 7.07. The minimum atomic E-state index is -2.96. The smallest absolute Gasteiger partial charge is 0.230 e. The van der Waals surface area contributed by atoms with Crippen molar-refractivity contribution in [2.75, 3.05) is 23.0 Å². The molecule has 1 aromatic rings. The Hall–Kier alpha value is -0.320. The van der Waals surface area contributed by atoms with E-state index in [1.165, 1.54) is 23.1 Å². The van der Waals surface area contributed by atoms with Gasteiger partial charge < -0.3 is 5.32 Å². The van der Waals surface area contributed by atoms with Crippen LogP contribution in [0.3, 0.4) is 0 Å². The average molecular weight is 382 g/mol. The van der Waals surface area contributed by atoms with Gasteiger partial charge in [0.05, 0.1) is 17.3 Å². The van der Waals surface area contributed by atoms with E-state index < -0.39 is 9.84 Å². The molecule has 2 heterocycles. The largest absolute Gasteiger partial charge is 0.352 e. The number of hydrogen-bond donors (Lipinski definition) is 1. The molecule has 1 atom stereocenters. The van der Waals surface area contributed by atoms with Gasteiger partial charge in [0.25, 0.3) is 0 Å². The summed E-state index contributed by atoms with van der Waals surface area (Å²) in [5.74, 6) is 1.35. The van der Waals surface area contributed by atoms with Gasteiger partial charge in [0.1, 0.15) is 0 Å². The van der Waals surface area contributed by atoms with Crippen molar-refractivity contribution >= 4 is 50.6 Å². The summed E-state index contributed by atoms with van der Waals surface area (Å²) in [4.78, 5) is 11.8. The first-order valence-corrected chi connectivity index (χ1v) is 11.7. The molecule has 10 heteroatoms. The predicted octanol–water partition coefficient (Wildman–Crippen LogP) is 1.83. The van der Waals surface area contributed by atoms with Crippen molar-refractivity contribution in [3.05, 3.63) is 0 Å². The van der Waals surface area contributed by atoms with Gasteiger partial charge in [-0.15, -0.1) is 10.2 Å². The third kappa shape index (κ3) is 6.05. The second kappa shape index (κ2) is 8.51. The van der Waals surface area contributed by atoms with Crippen molar-refractivity contribution in [2.24, 2.45) is 0 Å². The summed E-state index contributed by atoms with van der Waals surface area (Å²) in [6.07, 6.45) is 2.82. The summed E-state index contributed by atoms with van der Waals surface area (Å²) < 4.78 is 24.4. The number of thioether (sulfide) groups is 2. The molecule has 124 valence electrons. The Labute approximate surface area is 143 Å². The van der Waals surface area contributed by atoms with E-state index in [2.05, 4.69) is 22.4 Å². The lowest BCUT2D eigenvalue weighted by molar-refractivity contribution is -0.119. The minimum Gasteiger partial charge on any atom is -0.352 e. The fourth-order valence-electron chi connectivity index (χ4n) is 1.92. The van der Waals surface area contributed by atoms with Crippen LogP contribution in [0.5, 0.6) is 0 Å². The SMILES string of the molecule is CCCCSc1nnc(SCC(=O)N[C@H]2CCS(=O)(=O)C2)s1. The number of nitrogens with one attached hydrogen (secondary N) is 1. The van der Waals surface area contributed by atoms with Crippen LogP contribution in [0, 0.1) is 0 Å². The van der Waals surface area contributed by atoms with Crippen molar-refractivity contribution < 1.29 is 13.2 Å². The van der Waals surface area contributed by atoms with Crippen molar-refractivity contribution in [1.29, 1.82) is 0 Å². The van der Waals surface area contributed by atoms with E-state index in [1.807, 2.05) is 0 Å². The summed E-state index contributed by atoms with van der Waals surface area (Å²) in [6, 6.07) is -0.243. The van der Waals surface area contributed by atoms with Gasteiger partial charge >= 0.3 is 0 Å². The van der Waals surface area contributed by atoms with E-state index in [0.29, 0.717) is 6.42 Å². The zero-order valence-electron chi connectivity index (χ0n) is 12.3. The average Bonchev–Trinajstić information content (AvgIpc) is 3.03. The monoisotopic (exact) mass is 381 g/mol. The predicted molar refractivity (Wildman–Crippen MR) is 91.5 cm³/mol. The lowest BCUT2D eigenvalue weighted by Gasteiger charge is -2.09. The van der Waals surface area contributed by atoms with Crippen LogP contribution < -0.4 is 5.32 Å². The van der Waals surface area contributed by atoms with E-state index in [4.69, 9.17) is 0 Å². The maximum Gasteiger partial charge on any atom is 0.230 e. The number of aromatic nitrogens is 2. The number of hydrogen-bond acceptors (Lipinski definition) is 8. The molecule has 0 unspecified atom stereocenters. The molecule has 1 amide bonds. The number of nitrogens with zero attached hydrogens (tertiary/aromatic N) is 2. The third-order valence-corrected chi connectivity index (χ3v) is 8.08. The summed E-state index contributed by atoms with van der Waals surface area (Å²) >= 11 is 4.53. The van der Waals surface area contributed by atoms with E-state index in [1.54, 1.807) is 11.8 Å². The Morgan fingerprint density at radius 3 is 2.73 bits per heavy atom. The molecule has 6 nitrogen and oxygen atoms in total. The molecule has 0 bridgehead atoms. The molecule has 0 aliphatic carbocycles. The third-order valence-electron chi connectivity index (χ3n) is 3.04. The van der Waals surface area contributed by atoms with E-state index in [9.17, 15) is 13.2 Å². The number of unbranched alkanes of at least 4 members (excludes halogenated alkanes) is 1. The van der Waals surface area contributed by atoms with E-state index in [0.717, 1.165) is 27.3 Å². The standard InChI is InChI=1S/C12H19N3O3S4/c1-2-3-5-19-11-14-15-12(21-11)20-7-10(16)13-9-4-6-22(17,18)8-9/h9H,2-8H2,1H3,(H,13,16)/t9-/m0/s1. The van der Waals surface area contributed by atoms with Gasteiger partial charge in [0.15, 0.2) is 18.5 Å². The Morgan fingerprint density at radius 1 is 1.36 bits per heavy atom. The Kier molecular flexibility index (Phi) is 6.97. The molecule has 2 rings (SSSR count). The van der Waals surface area contributed by atoms with Crippen LogP contribution in [0.4, 0.5) is 0 Å². The number of carbonyl (C=O) groups is 1. The Bertz CT molecular complexity index is 603. The molecule has 0 saturated carbocycles. The van der Waals surface area contributed by atoms with Crippen molar-refractivity contribution in [1.82, 2.24) is 15.5 Å². The highest BCUT2D eigenvalue weighted by molar-refractivity contribution is 8.03. The molecule has 1 aliphatic rings. The zero-order chi connectivity index (χ0) is 16.0. The molecule has 0 spiro atoms. The Balaban J connectivity index is 1.70. The second-order valence-electron chi connectivity index (χ2n) is 4.99. The van der Waals surface area contributed by atoms with E-state index >= 15 is 0 Å². The summed E-state index contributed by atoms with van der Waals surface area (Å²) in [5.41, 5.74) is 0. The van der Waals surface area contributed by atoms with Crippen LogP contribution in [-0.2, 0) is 14.6 Å². The van der Waals surface area contributed by atoms with Crippen LogP contribution >= 0.6 is 34.9 Å². The lowest BCUT2D eigenvalue weighted by atomic mass is 10.3. The first kappa shape index (κ1) is 18.0. The van der Waals surface area contributed by atoms with Crippen LogP contribution in [-0.4, -0.2) is 53.6 Å². The van der Waals surface area contributed by atoms with Gasteiger partial charge in [-0.25, -0.2) is 8.42 Å². The van der Waals surface area contributed by atoms with Gasteiger partial charge in [-0.05, 0) is 12.8 Å². The quantitative estimate of drug-likeness (QED) is 0.543. The van der Waals surface area contributed by atoms with Crippen LogP contribution in [0.25, 0.3) is 0 Å². The van der Waals surface area contributed by atoms with Crippen LogP contribution in [0.2, 0.25) is 0 Å². The normalized spacial score (nSPS) is 20.1. The number of sulfone groups is 1. The minimum absolute atomic E-state index is 0.0560. The van der Waals surface area contributed by atoms with E-state index in [-0.39, 0.29) is 29.2 Å². The number of rotatable bonds is 8. The van der Waals surface area contributed by atoms with Crippen molar-refractivity contribution in [3.63, 3.8) is 0 Å². The maximum absolute atomic E-state index is 11.8. The molecular formula is C12H19N3O3S4. The molecule has 1 saturated heterocycles. The van der Waals surface area contributed by atoms with Gasteiger partial charge in [0.2, 0.25) is 5.91 Å². The first-order chi connectivity index (χ1) is 10.5. The van der Waals surface area contributed by atoms with Gasteiger partial charge in [-0.3, -0.25) is 4.79 Å². The molecular weight excluding hydrogens is 362 g/mol. The molecule has 0 aromatic carbocycles. The van der Waals surface area contributed by atoms with Crippen molar-refractivity contribution in [2.45, 2.75) is 40.9 Å². The lowest BCUT2D eigenvalue weighted by Crippen LogP contribution is -2.36. The fraction of sp³-hybridized carbons (Fsp3) is 0.750. The van der Waals surface area contributed by atoms with Crippen LogP contribution in [0.15, 0.2) is 8.68 Å². The molecule has 0 radical (unpaired) electrons. The Morgan fingerprint density at radius 2 is 2.09 bits per heavy atom. The van der Waals surface area contributed by atoms with Crippen molar-refractivity contribution in [3.8, 4) is 0 Å². The number of carbonyl (C=O) groups excluding carboxylic acids is 1. The van der Waals surface area contributed by atoms with Gasteiger partial charge in [-0.2, -0.15) is 0 Å². The maximum atomic E-state index is 11.8. The molecule has 1 fully saturated rings. The summed E-state index contributed by atoms with van der Waals surface area (Å²) in [5, 5.41) is 10.9. The topological polar surface area (TPSA) is 89.0 Å². The summed E-state index contributed by atoms with van der Waals surface area (Å²) in [6.45, 7) is 2.15. The highest BCUT2D eigenvalue weighted by atomic mass is 32.2. The number of amides is 1. The molecule has 1 aromatic heterocycles. The molecule has 1 N–H and O–H groups in total. The summed E-state index contributed by atoms with van der Waals surface area (Å²) in [7, 11) is -2.96. The fourth-order valence-corrected chi connectivity index (χ4v) is 6.58. The highest BCUT2D eigenvalue weighted by Gasteiger charge is 2.28. The van der Waals surface area contributed by atoms with Gasteiger partial charge in [0, 0.05) is 11.8 Å². The van der Waals surface area contributed by atoms with Gasteiger partial charge in [-0.1, -0.05) is 48.2 Å².